The van der Waals surface area contributed by atoms with Crippen LogP contribution in [0.15, 0.2) is 72.8 Å². The summed E-state index contributed by atoms with van der Waals surface area (Å²) in [6.07, 6.45) is 0. The summed E-state index contributed by atoms with van der Waals surface area (Å²) < 4.78 is 0. The van der Waals surface area contributed by atoms with E-state index in [2.05, 4.69) is 10.3 Å². The number of aromatic nitrogens is 1. The average Bonchev–Trinajstić information content (AvgIpc) is 3.18. The van der Waals surface area contributed by atoms with Gasteiger partial charge in [-0.15, -0.1) is 0 Å². The highest BCUT2D eigenvalue weighted by Gasteiger charge is 2.19. The zero-order chi connectivity index (χ0) is 22.0. The molecule has 0 atom stereocenters. The van der Waals surface area contributed by atoms with E-state index in [9.17, 15) is 14.9 Å². The van der Waals surface area contributed by atoms with Crippen molar-refractivity contribution in [2.45, 2.75) is 0 Å². The molecule has 1 N–H and O–H groups in total. The molecular formula is C22H13Cl2N3O3S. The SMILES string of the molecule is O=C(Nc1nc(-c2ccccc2)c(-c2ccc([N+](=O)[O-])cc2)s1)c1ccc(Cl)cc1Cl. The second-order valence-corrected chi connectivity index (χ2v) is 8.29. The topological polar surface area (TPSA) is 85.1 Å². The predicted octanol–water partition coefficient (Wildman–Crippen LogP) is 6.94. The number of rotatable bonds is 5. The van der Waals surface area contributed by atoms with Crippen LogP contribution in [0.5, 0.6) is 0 Å². The van der Waals surface area contributed by atoms with Crippen LogP contribution in [0.1, 0.15) is 10.4 Å². The Morgan fingerprint density at radius 1 is 0.968 bits per heavy atom. The minimum absolute atomic E-state index is 0.000401. The molecule has 0 saturated carbocycles. The van der Waals surface area contributed by atoms with Gasteiger partial charge in [0.15, 0.2) is 5.13 Å². The van der Waals surface area contributed by atoms with Gasteiger partial charge in [-0.3, -0.25) is 20.2 Å². The van der Waals surface area contributed by atoms with E-state index in [1.54, 1.807) is 24.3 Å². The van der Waals surface area contributed by atoms with E-state index < -0.39 is 10.8 Å². The number of nitro groups is 1. The first kappa shape index (κ1) is 21.0. The molecule has 0 aliphatic heterocycles. The van der Waals surface area contributed by atoms with Gasteiger partial charge >= 0.3 is 0 Å². The number of hydrogen-bond donors (Lipinski definition) is 1. The van der Waals surface area contributed by atoms with Gasteiger partial charge in [0.1, 0.15) is 0 Å². The second-order valence-electron chi connectivity index (χ2n) is 6.45. The summed E-state index contributed by atoms with van der Waals surface area (Å²) in [5.74, 6) is -0.412. The smallest absolute Gasteiger partial charge is 0.269 e. The summed E-state index contributed by atoms with van der Waals surface area (Å²) in [5.41, 5.74) is 2.56. The van der Waals surface area contributed by atoms with Crippen LogP contribution < -0.4 is 5.32 Å². The first-order valence-electron chi connectivity index (χ1n) is 9.00. The third kappa shape index (κ3) is 4.59. The van der Waals surface area contributed by atoms with Crippen molar-refractivity contribution in [3.63, 3.8) is 0 Å². The Morgan fingerprint density at radius 3 is 2.32 bits per heavy atom. The predicted molar refractivity (Wildman–Crippen MR) is 124 cm³/mol. The number of nitrogens with one attached hydrogen (secondary N) is 1. The maximum Gasteiger partial charge on any atom is 0.269 e. The molecule has 0 aliphatic carbocycles. The molecule has 4 rings (SSSR count). The fourth-order valence-corrected chi connectivity index (χ4v) is 4.42. The molecule has 1 heterocycles. The molecule has 0 saturated heterocycles. The molecule has 9 heteroatoms. The molecule has 0 aliphatic rings. The fourth-order valence-electron chi connectivity index (χ4n) is 2.93. The number of halogens is 2. The minimum Gasteiger partial charge on any atom is -0.298 e. The lowest BCUT2D eigenvalue weighted by Crippen LogP contribution is -2.12. The molecule has 4 aromatic rings. The molecule has 0 unspecified atom stereocenters. The molecule has 31 heavy (non-hydrogen) atoms. The van der Waals surface area contributed by atoms with Crippen LogP contribution in [0.25, 0.3) is 21.7 Å². The normalized spacial score (nSPS) is 10.6. The summed E-state index contributed by atoms with van der Waals surface area (Å²) in [6.45, 7) is 0. The average molecular weight is 470 g/mol. The lowest BCUT2D eigenvalue weighted by molar-refractivity contribution is -0.384. The van der Waals surface area contributed by atoms with E-state index >= 15 is 0 Å². The minimum atomic E-state index is -0.448. The van der Waals surface area contributed by atoms with Gasteiger partial charge in [0.25, 0.3) is 11.6 Å². The lowest BCUT2D eigenvalue weighted by atomic mass is 10.1. The molecule has 0 bridgehead atoms. The second kappa shape index (κ2) is 8.85. The van der Waals surface area contributed by atoms with Crippen molar-refractivity contribution in [1.29, 1.82) is 0 Å². The van der Waals surface area contributed by atoms with Crippen LogP contribution in [0, 0.1) is 10.1 Å². The summed E-state index contributed by atoms with van der Waals surface area (Å²) in [7, 11) is 0. The number of anilines is 1. The molecule has 6 nitrogen and oxygen atoms in total. The van der Waals surface area contributed by atoms with E-state index in [0.29, 0.717) is 15.8 Å². The van der Waals surface area contributed by atoms with Crippen molar-refractivity contribution in [3.8, 4) is 21.7 Å². The van der Waals surface area contributed by atoms with Crippen LogP contribution in [0.2, 0.25) is 10.0 Å². The maximum absolute atomic E-state index is 12.7. The van der Waals surface area contributed by atoms with E-state index in [-0.39, 0.29) is 16.3 Å². The Hall–Kier alpha value is -3.26. The van der Waals surface area contributed by atoms with Gasteiger partial charge in [0.2, 0.25) is 0 Å². The van der Waals surface area contributed by atoms with E-state index in [1.807, 2.05) is 30.3 Å². The van der Waals surface area contributed by atoms with Crippen molar-refractivity contribution in [2.24, 2.45) is 0 Å². The Balaban J connectivity index is 1.73. The largest absolute Gasteiger partial charge is 0.298 e. The van der Waals surface area contributed by atoms with Gasteiger partial charge in [-0.2, -0.15) is 0 Å². The van der Waals surface area contributed by atoms with Gasteiger partial charge in [0.05, 0.1) is 26.1 Å². The van der Waals surface area contributed by atoms with Crippen LogP contribution in [-0.4, -0.2) is 15.8 Å². The van der Waals surface area contributed by atoms with Crippen molar-refractivity contribution in [2.75, 3.05) is 5.32 Å². The maximum atomic E-state index is 12.7. The number of carbonyl (C=O) groups is 1. The monoisotopic (exact) mass is 469 g/mol. The zero-order valence-electron chi connectivity index (χ0n) is 15.7. The number of benzene rings is 3. The Bertz CT molecular complexity index is 1280. The Kier molecular flexibility index (Phi) is 5.99. The number of thiazole rings is 1. The highest BCUT2D eigenvalue weighted by Crippen LogP contribution is 2.39. The van der Waals surface area contributed by atoms with Gasteiger partial charge in [-0.05, 0) is 35.9 Å². The van der Waals surface area contributed by atoms with Crippen LogP contribution >= 0.6 is 34.5 Å². The number of nitrogens with zero attached hydrogens (tertiary/aromatic N) is 2. The Morgan fingerprint density at radius 2 is 1.68 bits per heavy atom. The third-order valence-electron chi connectivity index (χ3n) is 4.41. The highest BCUT2D eigenvalue weighted by molar-refractivity contribution is 7.19. The molecule has 0 spiro atoms. The number of carbonyl (C=O) groups excluding carboxylic acids is 1. The standard InChI is InChI=1S/C22H13Cl2N3O3S/c23-15-8-11-17(18(24)12-15)21(28)26-22-25-19(13-4-2-1-3-5-13)20(31-22)14-6-9-16(10-7-14)27(29)30/h1-12H,(H,25,26,28). The van der Waals surface area contributed by atoms with Crippen molar-refractivity contribution >= 4 is 51.3 Å². The number of non-ortho nitro benzene ring substituents is 1. The van der Waals surface area contributed by atoms with Crippen LogP contribution in [-0.2, 0) is 0 Å². The van der Waals surface area contributed by atoms with Crippen LogP contribution in [0.4, 0.5) is 10.8 Å². The summed E-state index contributed by atoms with van der Waals surface area (Å²) in [6, 6.07) is 20.3. The van der Waals surface area contributed by atoms with Gasteiger partial charge < -0.3 is 0 Å². The van der Waals surface area contributed by atoms with Crippen LogP contribution in [0.3, 0.4) is 0 Å². The van der Waals surface area contributed by atoms with Gasteiger partial charge in [0, 0.05) is 22.7 Å². The van der Waals surface area contributed by atoms with E-state index in [0.717, 1.165) is 16.0 Å². The summed E-state index contributed by atoms with van der Waals surface area (Å²) in [5, 5.41) is 14.8. The quantitative estimate of drug-likeness (QED) is 0.253. The van der Waals surface area contributed by atoms with Crippen molar-refractivity contribution in [3.05, 3.63) is 98.5 Å². The highest BCUT2D eigenvalue weighted by atomic mass is 35.5. The third-order valence-corrected chi connectivity index (χ3v) is 5.98. The van der Waals surface area contributed by atoms with E-state index in [4.69, 9.17) is 23.2 Å². The first-order chi connectivity index (χ1) is 14.9. The number of amides is 1. The fraction of sp³-hybridized carbons (Fsp3) is 0. The lowest BCUT2D eigenvalue weighted by Gasteiger charge is -2.04. The molecule has 0 radical (unpaired) electrons. The summed E-state index contributed by atoms with van der Waals surface area (Å²) >= 11 is 13.3. The molecular weight excluding hydrogens is 457 g/mol. The van der Waals surface area contributed by atoms with Crippen molar-refractivity contribution in [1.82, 2.24) is 4.98 Å². The summed E-state index contributed by atoms with van der Waals surface area (Å²) in [4.78, 5) is 28.6. The van der Waals surface area contributed by atoms with Crippen molar-refractivity contribution < 1.29 is 9.72 Å². The molecule has 3 aromatic carbocycles. The van der Waals surface area contributed by atoms with Gasteiger partial charge in [-0.25, -0.2) is 4.98 Å². The molecule has 1 amide bonds. The molecule has 154 valence electrons. The number of hydrogen-bond acceptors (Lipinski definition) is 5. The molecule has 0 fully saturated rings. The van der Waals surface area contributed by atoms with E-state index in [1.165, 1.54) is 29.5 Å². The zero-order valence-corrected chi connectivity index (χ0v) is 18.0. The first-order valence-corrected chi connectivity index (χ1v) is 10.6. The molecule has 1 aromatic heterocycles. The van der Waals surface area contributed by atoms with Gasteiger partial charge in [-0.1, -0.05) is 64.9 Å². The Labute approximate surface area is 191 Å². The number of nitro benzene ring substituents is 1.